The molecule has 2 N–H and O–H groups in total. The molecule has 2 heteroatoms. The third-order valence-electron chi connectivity index (χ3n) is 2.34. The lowest BCUT2D eigenvalue weighted by atomic mass is 9.81. The van der Waals surface area contributed by atoms with Crippen LogP contribution in [0, 0.1) is 0 Å². The summed E-state index contributed by atoms with van der Waals surface area (Å²) < 4.78 is 13.7. The van der Waals surface area contributed by atoms with Crippen molar-refractivity contribution in [3.05, 3.63) is 12.7 Å². The molecule has 0 heterocycles. The maximum absolute atomic E-state index is 13.7. The normalized spacial score (nSPS) is 38.5. The fourth-order valence-electron chi connectivity index (χ4n) is 1.80. The summed E-state index contributed by atoms with van der Waals surface area (Å²) in [4.78, 5) is 0. The Morgan fingerprint density at radius 2 is 2.45 bits per heavy atom. The van der Waals surface area contributed by atoms with Gasteiger partial charge in [0.2, 0.25) is 0 Å². The first-order valence-corrected chi connectivity index (χ1v) is 4.22. The molecule has 0 aromatic heterocycles. The van der Waals surface area contributed by atoms with Crippen molar-refractivity contribution in [3.63, 3.8) is 0 Å². The van der Waals surface area contributed by atoms with E-state index in [2.05, 4.69) is 6.58 Å². The number of hydrogen-bond acceptors (Lipinski definition) is 1. The number of rotatable bonds is 2. The molecule has 64 valence electrons. The zero-order valence-electron chi connectivity index (χ0n) is 6.85. The summed E-state index contributed by atoms with van der Waals surface area (Å²) in [6.07, 6.45) is 5.18. The van der Waals surface area contributed by atoms with Crippen LogP contribution in [-0.2, 0) is 0 Å². The Bertz CT molecular complexity index is 146. The Morgan fingerprint density at radius 1 is 1.73 bits per heavy atom. The Balaban J connectivity index is 2.47. The van der Waals surface area contributed by atoms with Gasteiger partial charge < -0.3 is 5.73 Å². The van der Waals surface area contributed by atoms with Crippen molar-refractivity contribution >= 4 is 0 Å². The minimum atomic E-state index is -1.04. The van der Waals surface area contributed by atoms with Gasteiger partial charge in [-0.25, -0.2) is 4.39 Å². The van der Waals surface area contributed by atoms with E-state index < -0.39 is 5.67 Å². The maximum atomic E-state index is 13.7. The predicted molar refractivity (Wildman–Crippen MR) is 45.1 cm³/mol. The SMILES string of the molecule is C=CCC1(F)CCCC(N)C1. The highest BCUT2D eigenvalue weighted by atomic mass is 19.1. The van der Waals surface area contributed by atoms with Gasteiger partial charge in [-0.1, -0.05) is 6.08 Å². The lowest BCUT2D eigenvalue weighted by Crippen LogP contribution is -2.37. The van der Waals surface area contributed by atoms with Crippen LogP contribution in [-0.4, -0.2) is 11.7 Å². The number of nitrogens with two attached hydrogens (primary N) is 1. The molecule has 0 aromatic rings. The lowest BCUT2D eigenvalue weighted by molar-refractivity contribution is 0.0996. The van der Waals surface area contributed by atoms with E-state index in [0.29, 0.717) is 19.3 Å². The van der Waals surface area contributed by atoms with Crippen molar-refractivity contribution in [2.45, 2.75) is 43.8 Å². The monoisotopic (exact) mass is 157 g/mol. The number of allylic oxidation sites excluding steroid dienone is 1. The van der Waals surface area contributed by atoms with Crippen LogP contribution >= 0.6 is 0 Å². The first kappa shape index (κ1) is 8.72. The summed E-state index contributed by atoms with van der Waals surface area (Å²) in [6, 6.07) is 0.0636. The second-order valence-corrected chi connectivity index (χ2v) is 3.50. The summed E-state index contributed by atoms with van der Waals surface area (Å²) in [5.41, 5.74) is 4.62. The topological polar surface area (TPSA) is 26.0 Å². The van der Waals surface area contributed by atoms with Crippen LogP contribution in [0.1, 0.15) is 32.1 Å². The molecule has 1 rings (SSSR count). The summed E-state index contributed by atoms with van der Waals surface area (Å²) in [6.45, 7) is 3.54. The zero-order valence-corrected chi connectivity index (χ0v) is 6.85. The number of hydrogen-bond donors (Lipinski definition) is 1. The van der Waals surface area contributed by atoms with Crippen LogP contribution < -0.4 is 5.73 Å². The average molecular weight is 157 g/mol. The molecule has 1 aliphatic carbocycles. The smallest absolute Gasteiger partial charge is 0.116 e. The quantitative estimate of drug-likeness (QED) is 0.611. The van der Waals surface area contributed by atoms with E-state index in [4.69, 9.17) is 5.73 Å². The highest BCUT2D eigenvalue weighted by Gasteiger charge is 2.33. The standard InChI is InChI=1S/C9H16FN/c1-2-5-9(10)6-3-4-8(11)7-9/h2,8H,1,3-7,11H2. The number of alkyl halides is 1. The van der Waals surface area contributed by atoms with Crippen molar-refractivity contribution in [2.75, 3.05) is 0 Å². The molecule has 0 bridgehead atoms. The van der Waals surface area contributed by atoms with Gasteiger partial charge in [-0.05, 0) is 32.1 Å². The second-order valence-electron chi connectivity index (χ2n) is 3.50. The fraction of sp³-hybridized carbons (Fsp3) is 0.778. The van der Waals surface area contributed by atoms with Gasteiger partial charge in [0, 0.05) is 6.04 Å². The Hall–Kier alpha value is -0.370. The molecule has 1 aliphatic rings. The largest absolute Gasteiger partial charge is 0.328 e. The van der Waals surface area contributed by atoms with Crippen LogP contribution in [0.2, 0.25) is 0 Å². The number of halogens is 1. The third-order valence-corrected chi connectivity index (χ3v) is 2.34. The molecule has 1 nitrogen and oxygen atoms in total. The molecule has 0 aliphatic heterocycles. The van der Waals surface area contributed by atoms with Gasteiger partial charge >= 0.3 is 0 Å². The molecule has 0 saturated heterocycles. The predicted octanol–water partition coefficient (Wildman–Crippen LogP) is 2.17. The van der Waals surface area contributed by atoms with Crippen LogP contribution in [0.15, 0.2) is 12.7 Å². The first-order valence-electron chi connectivity index (χ1n) is 4.22. The van der Waals surface area contributed by atoms with Crippen LogP contribution in [0.25, 0.3) is 0 Å². The molecule has 1 saturated carbocycles. The summed E-state index contributed by atoms with van der Waals surface area (Å²) in [5.74, 6) is 0. The first-order chi connectivity index (χ1) is 5.16. The van der Waals surface area contributed by atoms with Gasteiger partial charge in [-0.2, -0.15) is 0 Å². The van der Waals surface area contributed by atoms with Crippen molar-refractivity contribution in [1.29, 1.82) is 0 Å². The molecule has 0 spiro atoms. The summed E-state index contributed by atoms with van der Waals surface area (Å²) in [7, 11) is 0. The molecular weight excluding hydrogens is 141 g/mol. The average Bonchev–Trinajstić information content (AvgIpc) is 1.86. The van der Waals surface area contributed by atoms with E-state index in [1.807, 2.05) is 0 Å². The maximum Gasteiger partial charge on any atom is 0.116 e. The van der Waals surface area contributed by atoms with Crippen LogP contribution in [0.3, 0.4) is 0 Å². The highest BCUT2D eigenvalue weighted by Crippen LogP contribution is 2.34. The van der Waals surface area contributed by atoms with Crippen LogP contribution in [0.5, 0.6) is 0 Å². The van der Waals surface area contributed by atoms with E-state index in [-0.39, 0.29) is 6.04 Å². The van der Waals surface area contributed by atoms with Gasteiger partial charge in [0.05, 0.1) is 0 Å². The lowest BCUT2D eigenvalue weighted by Gasteiger charge is -2.32. The van der Waals surface area contributed by atoms with Gasteiger partial charge in [0.1, 0.15) is 5.67 Å². The van der Waals surface area contributed by atoms with E-state index in [1.54, 1.807) is 6.08 Å². The van der Waals surface area contributed by atoms with Gasteiger partial charge in [-0.3, -0.25) is 0 Å². The molecule has 11 heavy (non-hydrogen) atoms. The minimum absolute atomic E-state index is 0.0636. The molecule has 0 aromatic carbocycles. The summed E-state index contributed by atoms with van der Waals surface area (Å²) in [5, 5.41) is 0. The van der Waals surface area contributed by atoms with Gasteiger partial charge in [0.15, 0.2) is 0 Å². The molecule has 0 radical (unpaired) electrons. The van der Waals surface area contributed by atoms with Crippen molar-refractivity contribution < 1.29 is 4.39 Å². The van der Waals surface area contributed by atoms with Crippen molar-refractivity contribution in [2.24, 2.45) is 5.73 Å². The molecule has 1 fully saturated rings. The minimum Gasteiger partial charge on any atom is -0.328 e. The van der Waals surface area contributed by atoms with Gasteiger partial charge in [0.25, 0.3) is 0 Å². The molecule has 0 amide bonds. The fourth-order valence-corrected chi connectivity index (χ4v) is 1.80. The Morgan fingerprint density at radius 3 is 3.00 bits per heavy atom. The summed E-state index contributed by atoms with van der Waals surface area (Å²) >= 11 is 0. The Labute approximate surface area is 67.5 Å². The third kappa shape index (κ3) is 2.29. The highest BCUT2D eigenvalue weighted by molar-refractivity contribution is 4.93. The van der Waals surface area contributed by atoms with E-state index in [1.165, 1.54) is 0 Å². The van der Waals surface area contributed by atoms with Crippen molar-refractivity contribution in [3.8, 4) is 0 Å². The van der Waals surface area contributed by atoms with Gasteiger partial charge in [-0.15, -0.1) is 6.58 Å². The zero-order chi connectivity index (χ0) is 8.32. The van der Waals surface area contributed by atoms with Crippen LogP contribution in [0.4, 0.5) is 4.39 Å². The van der Waals surface area contributed by atoms with E-state index in [0.717, 1.165) is 12.8 Å². The van der Waals surface area contributed by atoms with Crippen molar-refractivity contribution in [1.82, 2.24) is 0 Å². The van der Waals surface area contributed by atoms with E-state index in [9.17, 15) is 4.39 Å². The van der Waals surface area contributed by atoms with E-state index >= 15 is 0 Å². The molecule has 2 atom stereocenters. The molecule has 2 unspecified atom stereocenters. The molecular formula is C9H16FN. The second kappa shape index (κ2) is 3.35. The Kier molecular flexibility index (Phi) is 2.66.